The molecule has 13 nitrogen and oxygen atoms in total. The van der Waals surface area contributed by atoms with Crippen LogP contribution in [0.4, 0.5) is 4.39 Å². The third-order valence-corrected chi connectivity index (χ3v) is 12.2. The number of methoxy groups -OCH3 is 2. The van der Waals surface area contributed by atoms with Crippen molar-refractivity contribution in [1.82, 2.24) is 23.5 Å². The van der Waals surface area contributed by atoms with Gasteiger partial charge in [-0.05, 0) is 46.9 Å². The molecule has 9 rings (SSSR count). The van der Waals surface area contributed by atoms with E-state index in [1.165, 1.54) is 46.4 Å². The van der Waals surface area contributed by atoms with Gasteiger partial charge in [0.15, 0.2) is 34.6 Å². The average Bonchev–Trinajstić information content (AvgIpc) is 3.50. The number of benzene rings is 4. The number of ketones is 2. The van der Waals surface area contributed by atoms with Crippen LogP contribution >= 0.6 is 0 Å². The maximum absolute atomic E-state index is 15.4. The number of aryl methyl sites for hydroxylation is 2. The smallest absolute Gasteiger partial charge is 0.347 e. The summed E-state index contributed by atoms with van der Waals surface area (Å²) >= 11 is 0. The largest absolute Gasteiger partial charge is 0.505 e. The summed E-state index contributed by atoms with van der Waals surface area (Å²) in [6.45, 7) is -0.250. The molecular formula is C45H38FN5O8. The van der Waals surface area contributed by atoms with Gasteiger partial charge in [-0.2, -0.15) is 0 Å². The van der Waals surface area contributed by atoms with Crippen LogP contribution in [0.2, 0.25) is 0 Å². The minimum atomic E-state index is -1.58. The summed E-state index contributed by atoms with van der Waals surface area (Å²) in [5, 5.41) is 10.3. The molecule has 3 aliphatic rings. The van der Waals surface area contributed by atoms with E-state index >= 15 is 14.0 Å². The van der Waals surface area contributed by atoms with Crippen molar-refractivity contribution in [3.8, 4) is 17.2 Å². The van der Waals surface area contributed by atoms with E-state index in [-0.39, 0.29) is 48.8 Å². The van der Waals surface area contributed by atoms with Crippen LogP contribution in [0.25, 0.3) is 16.6 Å². The molecule has 1 fully saturated rings. The lowest BCUT2D eigenvalue weighted by atomic mass is 9.47. The van der Waals surface area contributed by atoms with Crippen LogP contribution in [0.1, 0.15) is 40.8 Å². The first-order valence-corrected chi connectivity index (χ1v) is 19.1. The lowest BCUT2D eigenvalue weighted by Crippen LogP contribution is -2.58. The molecule has 0 bridgehead atoms. The minimum absolute atomic E-state index is 0.0338. The predicted octanol–water partition coefficient (Wildman–Crippen LogP) is 4.62. The summed E-state index contributed by atoms with van der Waals surface area (Å²) in [6.07, 6.45) is 3.07. The fourth-order valence-corrected chi connectivity index (χ4v) is 9.54. The summed E-state index contributed by atoms with van der Waals surface area (Å²) in [5.41, 5.74) is -0.0401. The van der Waals surface area contributed by atoms with E-state index in [2.05, 4.69) is 4.98 Å². The maximum atomic E-state index is 15.4. The van der Waals surface area contributed by atoms with Gasteiger partial charge in [0.05, 0.1) is 43.3 Å². The third-order valence-electron chi connectivity index (χ3n) is 12.2. The van der Waals surface area contributed by atoms with Crippen molar-refractivity contribution >= 4 is 28.2 Å². The highest BCUT2D eigenvalue weighted by Crippen LogP contribution is 2.61. The number of hydrogen-bond acceptors (Lipinski definition) is 9. The van der Waals surface area contributed by atoms with E-state index in [0.717, 1.165) is 10.6 Å². The average molecular weight is 796 g/mol. The van der Waals surface area contributed by atoms with Crippen LogP contribution in [-0.4, -0.2) is 54.4 Å². The number of ether oxygens (including phenoxy) is 2. The third kappa shape index (κ3) is 5.57. The van der Waals surface area contributed by atoms with Gasteiger partial charge in [0, 0.05) is 49.6 Å². The van der Waals surface area contributed by atoms with Gasteiger partial charge in [-0.3, -0.25) is 14.4 Å². The second-order valence-electron chi connectivity index (χ2n) is 15.1. The fourth-order valence-electron chi connectivity index (χ4n) is 9.54. The Morgan fingerprint density at radius 2 is 1.58 bits per heavy atom. The number of halogens is 1. The zero-order valence-corrected chi connectivity index (χ0v) is 32.3. The molecular weight excluding hydrogens is 758 g/mol. The molecule has 14 heteroatoms. The van der Waals surface area contributed by atoms with Crippen molar-refractivity contribution in [2.24, 2.45) is 13.0 Å². The van der Waals surface area contributed by atoms with Gasteiger partial charge in [0.2, 0.25) is 0 Å². The molecule has 4 unspecified atom stereocenters. The second kappa shape index (κ2) is 14.1. The molecule has 3 heterocycles. The second-order valence-corrected chi connectivity index (χ2v) is 15.1. The van der Waals surface area contributed by atoms with Gasteiger partial charge >= 0.3 is 11.4 Å². The van der Waals surface area contributed by atoms with Gasteiger partial charge in [-0.15, -0.1) is 0 Å². The van der Waals surface area contributed by atoms with Crippen LogP contribution in [0.5, 0.6) is 17.2 Å². The topological polar surface area (TPSA) is 157 Å². The first-order valence-electron chi connectivity index (χ1n) is 19.1. The van der Waals surface area contributed by atoms with Crippen molar-refractivity contribution in [3.63, 3.8) is 0 Å². The van der Waals surface area contributed by atoms with Crippen LogP contribution in [0.15, 0.2) is 123 Å². The molecule has 298 valence electrons. The molecule has 0 saturated heterocycles. The molecule has 0 spiro atoms. The summed E-state index contributed by atoms with van der Waals surface area (Å²) in [6, 6.07) is 24.1. The van der Waals surface area contributed by atoms with Gasteiger partial charge < -0.3 is 19.1 Å². The first kappa shape index (κ1) is 37.5. The highest BCUT2D eigenvalue weighted by atomic mass is 19.1. The highest BCUT2D eigenvalue weighted by molar-refractivity contribution is 6.31. The van der Waals surface area contributed by atoms with E-state index in [1.54, 1.807) is 85.9 Å². The molecule has 2 aromatic heterocycles. The van der Waals surface area contributed by atoms with Crippen molar-refractivity contribution in [2.75, 3.05) is 14.2 Å². The highest BCUT2D eigenvalue weighted by Gasteiger charge is 2.63. The van der Waals surface area contributed by atoms with Crippen molar-refractivity contribution in [3.05, 3.63) is 168 Å². The number of phenols is 1. The number of hydrogen-bond donors (Lipinski definition) is 1. The first-order chi connectivity index (χ1) is 28.5. The number of phenolic OH excluding ortho intramolecular Hbond substituents is 1. The molecule has 59 heavy (non-hydrogen) atoms. The fraction of sp³-hybridized carbons (Fsp3) is 0.244. The van der Waals surface area contributed by atoms with Gasteiger partial charge in [0.25, 0.3) is 5.56 Å². The lowest BCUT2D eigenvalue weighted by Gasteiger charge is -2.54. The maximum Gasteiger partial charge on any atom is 0.347 e. The summed E-state index contributed by atoms with van der Waals surface area (Å²) in [4.78, 5) is 77.0. The predicted molar refractivity (Wildman–Crippen MR) is 215 cm³/mol. The molecule has 0 radical (unpaired) electrons. The molecule has 4 aromatic carbocycles. The Bertz CT molecular complexity index is 2980. The van der Waals surface area contributed by atoms with E-state index in [4.69, 9.17) is 9.47 Å². The minimum Gasteiger partial charge on any atom is -0.505 e. The summed E-state index contributed by atoms with van der Waals surface area (Å²) in [5.74, 6) is -3.42. The molecule has 0 amide bonds. The van der Waals surface area contributed by atoms with E-state index in [0.29, 0.717) is 44.8 Å². The number of aromatic hydroxyl groups is 1. The van der Waals surface area contributed by atoms with Crippen molar-refractivity contribution < 1.29 is 28.6 Å². The zero-order valence-electron chi connectivity index (χ0n) is 32.3. The van der Waals surface area contributed by atoms with Gasteiger partial charge in [-0.25, -0.2) is 32.9 Å². The molecule has 1 N–H and O–H groups in total. The zero-order chi connectivity index (χ0) is 41.3. The van der Waals surface area contributed by atoms with Crippen LogP contribution in [0, 0.1) is 11.7 Å². The summed E-state index contributed by atoms with van der Waals surface area (Å²) in [7, 11) is 4.57. The van der Waals surface area contributed by atoms with Crippen LogP contribution in [-0.2, 0) is 41.6 Å². The number of aromatic nitrogens is 5. The van der Waals surface area contributed by atoms with Crippen molar-refractivity contribution in [1.29, 1.82) is 0 Å². The molecule has 1 aliphatic heterocycles. The normalized spacial score (nSPS) is 21.0. The Kier molecular flexibility index (Phi) is 8.94. The molecule has 1 saturated carbocycles. The number of Topliss-reactive ketones (excluding diaryl/α,β-unsaturated/α-hetero) is 1. The van der Waals surface area contributed by atoms with E-state index in [9.17, 15) is 19.5 Å². The Morgan fingerprint density at radius 1 is 0.881 bits per heavy atom. The van der Waals surface area contributed by atoms with E-state index < -0.39 is 51.8 Å². The number of rotatable bonds is 8. The van der Waals surface area contributed by atoms with E-state index in [1.807, 2.05) is 0 Å². The number of nitrogens with zero attached hydrogens (tertiary/aromatic N) is 5. The number of fused-ring (bicyclic) bond motifs is 5. The number of carbonyl (C=O) groups is 2. The Morgan fingerprint density at radius 3 is 2.27 bits per heavy atom. The van der Waals surface area contributed by atoms with Gasteiger partial charge in [-0.1, -0.05) is 72.8 Å². The standard InChI is InChI=1S/C45H38FN5O8/c1-48-35-24-38(59-3)37(58-2)23-33(35)47-32(42(48)55)17-18-49-43(56)50-19-16-28-34(51(50)44(49)57)22-30-41(54)29(25-10-6-4-7-11-25)21-39(53)45(30,27-12-8-5-9-13-27)40(28)26-14-15-36(52)31(46)20-26/h4-16,20-21,23-24,30,34,40,52H,17-19,22H2,1-3H3. The van der Waals surface area contributed by atoms with Gasteiger partial charge in [0.1, 0.15) is 5.69 Å². The SMILES string of the molecule is COc1cc2nc(CCn3c(=O)n4n(c3=O)C3CC5C(=O)C(c6ccccc6)=CC(=O)C5(c5ccccc5)C(c5ccc(O)c(F)c5)C3=CC4)c(=O)n(C)c2cc1OC. The van der Waals surface area contributed by atoms with Crippen LogP contribution in [0.3, 0.4) is 0 Å². The summed E-state index contributed by atoms with van der Waals surface area (Å²) < 4.78 is 31.3. The Balaban J connectivity index is 1.19. The Labute approximate surface area is 335 Å². The lowest BCUT2D eigenvalue weighted by molar-refractivity contribution is -0.133. The quantitative estimate of drug-likeness (QED) is 0.217. The monoisotopic (exact) mass is 795 g/mol. The molecule has 6 aromatic rings. The number of allylic oxidation sites excluding steroid dienone is 4. The van der Waals surface area contributed by atoms with Crippen molar-refractivity contribution in [2.45, 2.75) is 43.3 Å². The number of carbonyl (C=O) groups excluding carboxylic acids is 2. The molecule has 4 atom stereocenters. The van der Waals surface area contributed by atoms with Crippen LogP contribution < -0.4 is 26.4 Å². The Hall–Kier alpha value is -7.09. The molecule has 2 aliphatic carbocycles.